The van der Waals surface area contributed by atoms with Gasteiger partial charge >= 0.3 is 0 Å². The number of nitrogens with zero attached hydrogens (tertiary/aromatic N) is 1. The second kappa shape index (κ2) is 15.5. The molecular formula is C45H43N. The Balaban J connectivity index is 0.000000219. The topological polar surface area (TPSA) is 3.24 Å². The molecule has 0 saturated heterocycles. The van der Waals surface area contributed by atoms with Crippen molar-refractivity contribution in [1.82, 2.24) is 0 Å². The predicted molar refractivity (Wildman–Crippen MR) is 202 cm³/mol. The molecule has 0 fully saturated rings. The molecule has 0 spiro atoms. The van der Waals surface area contributed by atoms with E-state index in [9.17, 15) is 0 Å². The van der Waals surface area contributed by atoms with E-state index in [-0.39, 0.29) is 0 Å². The zero-order valence-corrected chi connectivity index (χ0v) is 27.6. The largest absolute Gasteiger partial charge is 0.311 e. The monoisotopic (exact) mass is 597 g/mol. The molecule has 0 aliphatic rings. The highest BCUT2D eigenvalue weighted by molar-refractivity contribution is 5.78. The highest BCUT2D eigenvalue weighted by atomic mass is 15.1. The molecule has 0 heterocycles. The van der Waals surface area contributed by atoms with Crippen LogP contribution in [0.25, 0.3) is 24.3 Å². The fraction of sp³-hybridized carbons (Fsp3) is 0.111. The summed E-state index contributed by atoms with van der Waals surface area (Å²) in [7, 11) is 0. The van der Waals surface area contributed by atoms with Gasteiger partial charge in [-0.2, -0.15) is 0 Å². The SMILES string of the molecule is Cc1ccc(/C=C/c2ccc(N(c3ccc(C)cc3)c3ccc(C)cc3)cc2)cc1.Cc1ccc(/C=C/c2ccccc2)cc1C. The lowest BCUT2D eigenvalue weighted by Gasteiger charge is -2.25. The van der Waals surface area contributed by atoms with E-state index >= 15 is 0 Å². The van der Waals surface area contributed by atoms with E-state index in [1.165, 1.54) is 50.1 Å². The Labute approximate surface area is 275 Å². The number of anilines is 3. The van der Waals surface area contributed by atoms with Gasteiger partial charge in [-0.3, -0.25) is 0 Å². The fourth-order valence-electron chi connectivity index (χ4n) is 5.06. The summed E-state index contributed by atoms with van der Waals surface area (Å²) < 4.78 is 0. The van der Waals surface area contributed by atoms with Gasteiger partial charge in [-0.15, -0.1) is 0 Å². The van der Waals surface area contributed by atoms with Crippen molar-refractivity contribution in [3.8, 4) is 0 Å². The smallest absolute Gasteiger partial charge is 0.0462 e. The van der Waals surface area contributed by atoms with E-state index in [1.54, 1.807) is 0 Å². The molecule has 0 amide bonds. The van der Waals surface area contributed by atoms with Crippen LogP contribution in [0.3, 0.4) is 0 Å². The Morgan fingerprint density at radius 2 is 0.674 bits per heavy atom. The van der Waals surface area contributed by atoms with Gasteiger partial charge in [-0.1, -0.05) is 150 Å². The second-order valence-corrected chi connectivity index (χ2v) is 11.9. The van der Waals surface area contributed by atoms with E-state index in [2.05, 4.69) is 203 Å². The van der Waals surface area contributed by atoms with Crippen LogP contribution in [-0.2, 0) is 0 Å². The van der Waals surface area contributed by atoms with Crippen LogP contribution in [0.1, 0.15) is 50.1 Å². The average Bonchev–Trinajstić information content (AvgIpc) is 3.08. The van der Waals surface area contributed by atoms with Gasteiger partial charge in [0.05, 0.1) is 0 Å². The minimum Gasteiger partial charge on any atom is -0.311 e. The van der Waals surface area contributed by atoms with Crippen LogP contribution in [-0.4, -0.2) is 0 Å². The molecule has 0 bridgehead atoms. The average molecular weight is 598 g/mol. The predicted octanol–water partition coefficient (Wildman–Crippen LogP) is 12.7. The van der Waals surface area contributed by atoms with Crippen molar-refractivity contribution in [1.29, 1.82) is 0 Å². The zero-order chi connectivity index (χ0) is 32.3. The molecule has 0 atom stereocenters. The third-order valence-corrected chi connectivity index (χ3v) is 8.08. The Hall–Kier alpha value is -5.40. The van der Waals surface area contributed by atoms with Crippen molar-refractivity contribution in [3.05, 3.63) is 196 Å². The van der Waals surface area contributed by atoms with Crippen molar-refractivity contribution >= 4 is 41.4 Å². The van der Waals surface area contributed by atoms with Gasteiger partial charge in [0, 0.05) is 17.1 Å². The molecule has 0 aliphatic heterocycles. The van der Waals surface area contributed by atoms with Gasteiger partial charge in [0.25, 0.3) is 0 Å². The normalized spacial score (nSPS) is 11.0. The Morgan fingerprint density at radius 1 is 0.326 bits per heavy atom. The second-order valence-electron chi connectivity index (χ2n) is 11.9. The Kier molecular flexibility index (Phi) is 10.8. The van der Waals surface area contributed by atoms with E-state index in [4.69, 9.17) is 0 Å². The first kappa shape index (κ1) is 32.0. The maximum Gasteiger partial charge on any atom is 0.0462 e. The van der Waals surface area contributed by atoms with Crippen LogP contribution in [0.15, 0.2) is 146 Å². The number of aryl methyl sites for hydroxylation is 5. The first-order valence-electron chi connectivity index (χ1n) is 15.9. The van der Waals surface area contributed by atoms with Gasteiger partial charge in [-0.05, 0) is 104 Å². The van der Waals surface area contributed by atoms with E-state index in [0.29, 0.717) is 0 Å². The molecule has 0 saturated carbocycles. The minimum absolute atomic E-state index is 1.15. The summed E-state index contributed by atoms with van der Waals surface area (Å²) in [5.41, 5.74) is 14.9. The van der Waals surface area contributed by atoms with Crippen LogP contribution in [0.4, 0.5) is 17.1 Å². The standard InChI is InChI=1S/C29H27N.C16H16/c1-22-4-10-25(11-5-22)12-13-26-14-20-29(21-15-26)30(27-16-6-23(2)7-17-27)28-18-8-24(3)9-19-28;1-13-8-9-16(12-14(13)2)11-10-15-6-4-3-5-7-15/h4-21H,1-3H3;3-12H,1-2H3/b13-12+;11-10+. The van der Waals surface area contributed by atoms with Crippen molar-refractivity contribution < 1.29 is 0 Å². The first-order chi connectivity index (χ1) is 22.3. The van der Waals surface area contributed by atoms with Gasteiger partial charge < -0.3 is 4.90 Å². The van der Waals surface area contributed by atoms with Gasteiger partial charge in [0.15, 0.2) is 0 Å². The number of benzene rings is 6. The summed E-state index contributed by atoms with van der Waals surface area (Å²) in [4.78, 5) is 2.30. The van der Waals surface area contributed by atoms with E-state index in [0.717, 1.165) is 17.1 Å². The molecule has 0 unspecified atom stereocenters. The molecule has 1 nitrogen and oxygen atoms in total. The van der Waals surface area contributed by atoms with Crippen LogP contribution in [0.2, 0.25) is 0 Å². The third-order valence-electron chi connectivity index (χ3n) is 8.08. The molecule has 0 aliphatic carbocycles. The van der Waals surface area contributed by atoms with Crippen LogP contribution < -0.4 is 4.90 Å². The van der Waals surface area contributed by atoms with E-state index in [1.807, 2.05) is 6.07 Å². The molecule has 228 valence electrons. The Bertz CT molecular complexity index is 1830. The number of hydrogen-bond donors (Lipinski definition) is 0. The highest BCUT2D eigenvalue weighted by Gasteiger charge is 2.12. The van der Waals surface area contributed by atoms with Gasteiger partial charge in [0.1, 0.15) is 0 Å². The molecule has 6 aromatic carbocycles. The van der Waals surface area contributed by atoms with Crippen molar-refractivity contribution in [2.24, 2.45) is 0 Å². The molecular weight excluding hydrogens is 555 g/mol. The van der Waals surface area contributed by atoms with Crippen molar-refractivity contribution in [2.75, 3.05) is 4.90 Å². The lowest BCUT2D eigenvalue weighted by Crippen LogP contribution is -2.09. The highest BCUT2D eigenvalue weighted by Crippen LogP contribution is 2.35. The summed E-state index contributed by atoms with van der Waals surface area (Å²) in [6.07, 6.45) is 8.62. The van der Waals surface area contributed by atoms with Crippen LogP contribution in [0, 0.1) is 34.6 Å². The summed E-state index contributed by atoms with van der Waals surface area (Å²) >= 11 is 0. The first-order valence-corrected chi connectivity index (χ1v) is 15.9. The summed E-state index contributed by atoms with van der Waals surface area (Å²) in [6.45, 7) is 10.6. The summed E-state index contributed by atoms with van der Waals surface area (Å²) in [5.74, 6) is 0. The fourth-order valence-corrected chi connectivity index (χ4v) is 5.06. The molecule has 0 radical (unpaired) electrons. The van der Waals surface area contributed by atoms with Crippen LogP contribution >= 0.6 is 0 Å². The molecule has 6 rings (SSSR count). The molecule has 46 heavy (non-hydrogen) atoms. The number of hydrogen-bond acceptors (Lipinski definition) is 1. The lowest BCUT2D eigenvalue weighted by molar-refractivity contribution is 1.27. The summed E-state index contributed by atoms with van der Waals surface area (Å²) in [6, 6.07) is 51.6. The third kappa shape index (κ3) is 9.06. The van der Waals surface area contributed by atoms with Crippen LogP contribution in [0.5, 0.6) is 0 Å². The van der Waals surface area contributed by atoms with E-state index < -0.39 is 0 Å². The Morgan fingerprint density at radius 3 is 1.13 bits per heavy atom. The van der Waals surface area contributed by atoms with Gasteiger partial charge in [-0.25, -0.2) is 0 Å². The maximum absolute atomic E-state index is 2.30. The molecule has 0 N–H and O–H groups in total. The lowest BCUT2D eigenvalue weighted by atomic mass is 10.1. The minimum atomic E-state index is 1.15. The van der Waals surface area contributed by atoms with Gasteiger partial charge in [0.2, 0.25) is 0 Å². The van der Waals surface area contributed by atoms with Crippen molar-refractivity contribution in [3.63, 3.8) is 0 Å². The number of rotatable bonds is 7. The maximum atomic E-state index is 2.30. The quantitative estimate of drug-likeness (QED) is 0.165. The molecule has 0 aromatic heterocycles. The summed E-state index contributed by atoms with van der Waals surface area (Å²) in [5, 5.41) is 0. The molecule has 1 heteroatoms. The molecule has 6 aromatic rings. The zero-order valence-electron chi connectivity index (χ0n) is 27.6. The van der Waals surface area contributed by atoms with Crippen molar-refractivity contribution in [2.45, 2.75) is 34.6 Å².